The summed E-state index contributed by atoms with van der Waals surface area (Å²) in [5.74, 6) is 0.949. The zero-order valence-electron chi connectivity index (χ0n) is 14.5. The molecule has 1 amide bonds. The van der Waals surface area contributed by atoms with Crippen molar-refractivity contribution in [2.24, 2.45) is 13.0 Å². The van der Waals surface area contributed by atoms with Gasteiger partial charge < -0.3 is 9.64 Å². The minimum absolute atomic E-state index is 0.129. The number of aromatic nitrogens is 3. The van der Waals surface area contributed by atoms with Crippen molar-refractivity contribution in [1.82, 2.24) is 19.7 Å². The average Bonchev–Trinajstić information content (AvgIpc) is 2.63. The summed E-state index contributed by atoms with van der Waals surface area (Å²) >= 11 is 0. The van der Waals surface area contributed by atoms with Crippen molar-refractivity contribution in [3.63, 3.8) is 0 Å². The smallest absolute Gasteiger partial charge is 0.274 e. The Bertz CT molecular complexity index is 810. The van der Waals surface area contributed by atoms with Crippen molar-refractivity contribution in [1.29, 1.82) is 0 Å². The van der Waals surface area contributed by atoms with Crippen molar-refractivity contribution in [3.05, 3.63) is 52.1 Å². The molecule has 3 heterocycles. The van der Waals surface area contributed by atoms with E-state index in [1.54, 1.807) is 18.1 Å². The van der Waals surface area contributed by atoms with Crippen LogP contribution in [0.2, 0.25) is 0 Å². The molecule has 0 spiro atoms. The number of likely N-dealkylation sites (tertiary alicyclic amines) is 1. The molecular formula is C18H22N4O3. The summed E-state index contributed by atoms with van der Waals surface area (Å²) in [5.41, 5.74) is 1.11. The predicted octanol–water partition coefficient (Wildman–Crippen LogP) is 1.41. The van der Waals surface area contributed by atoms with Gasteiger partial charge in [-0.15, -0.1) is 0 Å². The molecule has 0 saturated carbocycles. The van der Waals surface area contributed by atoms with Crippen LogP contribution >= 0.6 is 0 Å². The number of piperidine rings is 1. The first-order valence-corrected chi connectivity index (χ1v) is 8.42. The third-order valence-corrected chi connectivity index (χ3v) is 4.50. The van der Waals surface area contributed by atoms with Gasteiger partial charge in [0.05, 0.1) is 6.61 Å². The highest BCUT2D eigenvalue weighted by atomic mass is 16.5. The monoisotopic (exact) mass is 342 g/mol. The van der Waals surface area contributed by atoms with E-state index < -0.39 is 0 Å². The Morgan fingerprint density at radius 2 is 2.04 bits per heavy atom. The molecule has 1 saturated heterocycles. The van der Waals surface area contributed by atoms with Crippen molar-refractivity contribution in [3.8, 4) is 5.88 Å². The molecule has 3 rings (SSSR count). The minimum Gasteiger partial charge on any atom is -0.477 e. The van der Waals surface area contributed by atoms with Crippen LogP contribution in [0.5, 0.6) is 5.88 Å². The Balaban J connectivity index is 1.53. The molecule has 7 nitrogen and oxygen atoms in total. The molecule has 0 atom stereocenters. The molecule has 2 aromatic heterocycles. The molecule has 25 heavy (non-hydrogen) atoms. The van der Waals surface area contributed by atoms with Gasteiger partial charge in [-0.3, -0.25) is 9.59 Å². The highest BCUT2D eigenvalue weighted by Gasteiger charge is 2.25. The van der Waals surface area contributed by atoms with E-state index in [4.69, 9.17) is 4.74 Å². The second-order valence-electron chi connectivity index (χ2n) is 6.35. The van der Waals surface area contributed by atoms with Crippen LogP contribution in [0, 0.1) is 12.8 Å². The van der Waals surface area contributed by atoms with Gasteiger partial charge in [0.25, 0.3) is 11.5 Å². The third kappa shape index (κ3) is 4.04. The lowest BCUT2D eigenvalue weighted by molar-refractivity contribution is 0.0651. The number of amides is 1. The summed E-state index contributed by atoms with van der Waals surface area (Å²) in [5, 5.41) is 4.03. The molecule has 0 aliphatic carbocycles. The van der Waals surface area contributed by atoms with Crippen molar-refractivity contribution in [2.75, 3.05) is 19.7 Å². The van der Waals surface area contributed by atoms with E-state index >= 15 is 0 Å². The van der Waals surface area contributed by atoms with Crippen LogP contribution in [0.4, 0.5) is 0 Å². The molecule has 7 heteroatoms. The summed E-state index contributed by atoms with van der Waals surface area (Å²) < 4.78 is 7.00. The van der Waals surface area contributed by atoms with Crippen molar-refractivity contribution < 1.29 is 9.53 Å². The molecule has 0 radical (unpaired) electrons. The number of hydrogen-bond donors (Lipinski definition) is 0. The second kappa shape index (κ2) is 7.46. The van der Waals surface area contributed by atoms with Crippen LogP contribution in [-0.4, -0.2) is 45.3 Å². The summed E-state index contributed by atoms with van der Waals surface area (Å²) in [6.07, 6.45) is 3.48. The largest absolute Gasteiger partial charge is 0.477 e. The number of nitrogens with zero attached hydrogens (tertiary/aromatic N) is 4. The van der Waals surface area contributed by atoms with Gasteiger partial charge in [-0.25, -0.2) is 9.67 Å². The zero-order chi connectivity index (χ0) is 17.8. The van der Waals surface area contributed by atoms with E-state index in [1.807, 2.05) is 19.1 Å². The van der Waals surface area contributed by atoms with Gasteiger partial charge in [0, 0.05) is 38.0 Å². The molecule has 0 N–H and O–H groups in total. The lowest BCUT2D eigenvalue weighted by atomic mass is 9.97. The molecule has 2 aromatic rings. The Morgan fingerprint density at radius 3 is 2.72 bits per heavy atom. The lowest BCUT2D eigenvalue weighted by Crippen LogP contribution is -2.40. The SMILES string of the molecule is Cc1cccnc1OCC1CCN(C(=O)c2ccc(=O)n(C)n2)CC1. The number of pyridine rings is 1. The molecule has 1 fully saturated rings. The van der Waals surface area contributed by atoms with Crippen molar-refractivity contribution in [2.45, 2.75) is 19.8 Å². The van der Waals surface area contributed by atoms with Gasteiger partial charge in [-0.05, 0) is 37.8 Å². The number of carbonyl (C=O) groups is 1. The summed E-state index contributed by atoms with van der Waals surface area (Å²) in [4.78, 5) is 29.9. The Morgan fingerprint density at radius 1 is 1.28 bits per heavy atom. The third-order valence-electron chi connectivity index (χ3n) is 4.50. The summed E-state index contributed by atoms with van der Waals surface area (Å²) in [6, 6.07) is 6.73. The Kier molecular flexibility index (Phi) is 5.11. The molecule has 132 valence electrons. The first-order chi connectivity index (χ1) is 12.0. The number of rotatable bonds is 4. The van der Waals surface area contributed by atoms with E-state index in [-0.39, 0.29) is 11.5 Å². The summed E-state index contributed by atoms with van der Waals surface area (Å²) in [6.45, 7) is 3.92. The number of aryl methyl sites for hydroxylation is 2. The molecule has 0 unspecified atom stereocenters. The van der Waals surface area contributed by atoms with Gasteiger partial charge in [-0.1, -0.05) is 6.07 Å². The first kappa shape index (κ1) is 17.1. The van der Waals surface area contributed by atoms with Gasteiger partial charge in [0.15, 0.2) is 0 Å². The molecular weight excluding hydrogens is 320 g/mol. The predicted molar refractivity (Wildman–Crippen MR) is 92.6 cm³/mol. The van der Waals surface area contributed by atoms with E-state index in [0.29, 0.717) is 37.2 Å². The van der Waals surface area contributed by atoms with E-state index in [2.05, 4.69) is 10.1 Å². The Labute approximate surface area is 146 Å². The standard InChI is InChI=1S/C18H22N4O3/c1-13-4-3-9-19-17(13)25-12-14-7-10-22(11-8-14)18(24)15-5-6-16(23)21(2)20-15/h3-6,9,14H,7-8,10-12H2,1-2H3. The maximum absolute atomic E-state index is 12.5. The molecule has 0 aromatic carbocycles. The van der Waals surface area contributed by atoms with Gasteiger partial charge >= 0.3 is 0 Å². The number of carbonyl (C=O) groups excluding carboxylic acids is 1. The highest BCUT2D eigenvalue weighted by Crippen LogP contribution is 2.21. The molecule has 0 bridgehead atoms. The van der Waals surface area contributed by atoms with E-state index in [9.17, 15) is 9.59 Å². The lowest BCUT2D eigenvalue weighted by Gasteiger charge is -2.31. The minimum atomic E-state index is -0.225. The van der Waals surface area contributed by atoms with E-state index in [1.165, 1.54) is 16.8 Å². The van der Waals surface area contributed by atoms with Crippen LogP contribution in [0.1, 0.15) is 28.9 Å². The van der Waals surface area contributed by atoms with Gasteiger partial charge in [-0.2, -0.15) is 5.10 Å². The maximum Gasteiger partial charge on any atom is 0.274 e. The van der Waals surface area contributed by atoms with Crippen LogP contribution in [0.15, 0.2) is 35.3 Å². The van der Waals surface area contributed by atoms with Crippen LogP contribution in [0.3, 0.4) is 0 Å². The van der Waals surface area contributed by atoms with Crippen LogP contribution in [0.25, 0.3) is 0 Å². The highest BCUT2D eigenvalue weighted by molar-refractivity contribution is 5.92. The number of hydrogen-bond acceptors (Lipinski definition) is 5. The van der Waals surface area contributed by atoms with Crippen molar-refractivity contribution >= 4 is 5.91 Å². The number of ether oxygens (including phenoxy) is 1. The normalized spacial score (nSPS) is 15.2. The zero-order valence-corrected chi connectivity index (χ0v) is 14.5. The molecule has 1 aliphatic rings. The first-order valence-electron chi connectivity index (χ1n) is 8.42. The Hall–Kier alpha value is -2.70. The average molecular weight is 342 g/mol. The van der Waals surface area contributed by atoms with Crippen LogP contribution < -0.4 is 10.3 Å². The fourth-order valence-electron chi connectivity index (χ4n) is 2.90. The maximum atomic E-state index is 12.5. The van der Waals surface area contributed by atoms with Gasteiger partial charge in [0.2, 0.25) is 5.88 Å². The quantitative estimate of drug-likeness (QED) is 0.840. The molecule has 1 aliphatic heterocycles. The topological polar surface area (TPSA) is 77.3 Å². The van der Waals surface area contributed by atoms with Crippen LogP contribution in [-0.2, 0) is 7.05 Å². The fraction of sp³-hybridized carbons (Fsp3) is 0.444. The second-order valence-corrected chi connectivity index (χ2v) is 6.35. The van der Waals surface area contributed by atoms with Gasteiger partial charge in [0.1, 0.15) is 5.69 Å². The van der Waals surface area contributed by atoms with E-state index in [0.717, 1.165) is 18.4 Å². The summed E-state index contributed by atoms with van der Waals surface area (Å²) in [7, 11) is 1.54. The fourth-order valence-corrected chi connectivity index (χ4v) is 2.90.